The minimum absolute atomic E-state index is 0.195. The lowest BCUT2D eigenvalue weighted by molar-refractivity contribution is 0.299. The van der Waals surface area contributed by atoms with E-state index >= 15 is 0 Å². The van der Waals surface area contributed by atoms with Gasteiger partial charge in [0.2, 0.25) is 0 Å². The van der Waals surface area contributed by atoms with Crippen LogP contribution in [-0.2, 0) is 6.42 Å². The van der Waals surface area contributed by atoms with E-state index in [0.29, 0.717) is 6.42 Å². The van der Waals surface area contributed by atoms with Crippen molar-refractivity contribution in [1.82, 2.24) is 0 Å². The lowest BCUT2D eigenvalue weighted by Gasteiger charge is -2.05. The van der Waals surface area contributed by atoms with Gasteiger partial charge in [-0.15, -0.1) is 0 Å². The minimum Gasteiger partial charge on any atom is -0.396 e. The zero-order valence-corrected chi connectivity index (χ0v) is 8.15. The van der Waals surface area contributed by atoms with Crippen molar-refractivity contribution in [2.45, 2.75) is 20.3 Å². The summed E-state index contributed by atoms with van der Waals surface area (Å²) in [7, 11) is 0. The molecule has 1 aromatic rings. The van der Waals surface area contributed by atoms with Crippen LogP contribution in [0.15, 0.2) is 12.1 Å². The van der Waals surface area contributed by atoms with Crippen LogP contribution in [0.5, 0.6) is 0 Å². The summed E-state index contributed by atoms with van der Waals surface area (Å²) in [5.41, 5.74) is 3.32. The summed E-state index contributed by atoms with van der Waals surface area (Å²) in [6.45, 7) is 4.16. The maximum Gasteiger partial charge on any atom is 0.0471 e. The molecule has 0 unspecified atom stereocenters. The summed E-state index contributed by atoms with van der Waals surface area (Å²) >= 11 is 5.99. The quantitative estimate of drug-likeness (QED) is 0.749. The van der Waals surface area contributed by atoms with E-state index in [-0.39, 0.29) is 6.61 Å². The lowest BCUT2D eigenvalue weighted by atomic mass is 10.1. The third kappa shape index (κ3) is 1.99. The van der Waals surface area contributed by atoms with Crippen LogP contribution in [0.25, 0.3) is 0 Å². The van der Waals surface area contributed by atoms with Gasteiger partial charge in [-0.1, -0.05) is 23.7 Å². The van der Waals surface area contributed by atoms with E-state index in [2.05, 4.69) is 0 Å². The molecule has 0 aliphatic carbocycles. The number of halogens is 1. The number of aryl methyl sites for hydroxylation is 2. The Morgan fingerprint density at radius 2 is 1.75 bits per heavy atom. The topological polar surface area (TPSA) is 20.2 Å². The Labute approximate surface area is 78.0 Å². The molecule has 0 fully saturated rings. The molecule has 1 aromatic carbocycles. The summed E-state index contributed by atoms with van der Waals surface area (Å²) in [6, 6.07) is 4.04. The average molecular weight is 185 g/mol. The van der Waals surface area contributed by atoms with Crippen molar-refractivity contribution < 1.29 is 5.11 Å². The first-order valence-corrected chi connectivity index (χ1v) is 4.39. The molecule has 1 nitrogen and oxygen atoms in total. The molecule has 0 aromatic heterocycles. The van der Waals surface area contributed by atoms with Crippen LogP contribution in [0.4, 0.5) is 0 Å². The molecule has 0 bridgehead atoms. The first kappa shape index (κ1) is 9.56. The Kier molecular flexibility index (Phi) is 3.12. The number of aliphatic hydroxyl groups excluding tert-OH is 1. The van der Waals surface area contributed by atoms with Crippen molar-refractivity contribution >= 4 is 11.6 Å². The highest BCUT2D eigenvalue weighted by Gasteiger charge is 2.01. The Bertz CT molecular complexity index is 258. The molecule has 2 heteroatoms. The molecule has 0 atom stereocenters. The fourth-order valence-corrected chi connectivity index (χ4v) is 1.42. The highest BCUT2D eigenvalue weighted by Crippen LogP contribution is 2.21. The number of hydrogen-bond donors (Lipinski definition) is 1. The van der Waals surface area contributed by atoms with Gasteiger partial charge in [0.25, 0.3) is 0 Å². The van der Waals surface area contributed by atoms with Crippen molar-refractivity contribution in [1.29, 1.82) is 0 Å². The molecule has 0 saturated carbocycles. The van der Waals surface area contributed by atoms with E-state index in [1.807, 2.05) is 26.0 Å². The van der Waals surface area contributed by atoms with E-state index in [0.717, 1.165) is 21.7 Å². The van der Waals surface area contributed by atoms with Crippen LogP contribution in [0.2, 0.25) is 5.02 Å². The predicted molar refractivity (Wildman–Crippen MR) is 51.7 cm³/mol. The lowest BCUT2D eigenvalue weighted by Crippen LogP contribution is -1.93. The van der Waals surface area contributed by atoms with Crippen LogP contribution in [0.1, 0.15) is 16.7 Å². The highest BCUT2D eigenvalue weighted by atomic mass is 35.5. The molecule has 0 saturated heterocycles. The molecule has 0 heterocycles. The van der Waals surface area contributed by atoms with Crippen molar-refractivity contribution in [2.75, 3.05) is 6.61 Å². The summed E-state index contributed by atoms with van der Waals surface area (Å²) in [4.78, 5) is 0. The SMILES string of the molecule is Cc1cc(CCO)cc(C)c1Cl. The predicted octanol–water partition coefficient (Wildman–Crippen LogP) is 2.49. The van der Waals surface area contributed by atoms with Crippen LogP contribution in [-0.4, -0.2) is 11.7 Å². The van der Waals surface area contributed by atoms with Gasteiger partial charge in [-0.3, -0.25) is 0 Å². The molecular formula is C10H13ClO. The number of rotatable bonds is 2. The maximum atomic E-state index is 8.74. The highest BCUT2D eigenvalue weighted by molar-refractivity contribution is 6.32. The monoisotopic (exact) mass is 184 g/mol. The van der Waals surface area contributed by atoms with E-state index in [4.69, 9.17) is 16.7 Å². The maximum absolute atomic E-state index is 8.74. The molecule has 1 rings (SSSR count). The molecular weight excluding hydrogens is 172 g/mol. The summed E-state index contributed by atoms with van der Waals surface area (Å²) < 4.78 is 0. The van der Waals surface area contributed by atoms with Gasteiger partial charge in [-0.05, 0) is 37.0 Å². The average Bonchev–Trinajstić information content (AvgIpc) is 2.01. The van der Waals surface area contributed by atoms with Gasteiger partial charge >= 0.3 is 0 Å². The molecule has 0 amide bonds. The second-order valence-electron chi connectivity index (χ2n) is 3.02. The molecule has 12 heavy (non-hydrogen) atoms. The van der Waals surface area contributed by atoms with Gasteiger partial charge in [0, 0.05) is 11.6 Å². The zero-order chi connectivity index (χ0) is 9.14. The van der Waals surface area contributed by atoms with Gasteiger partial charge in [0.1, 0.15) is 0 Å². The summed E-state index contributed by atoms with van der Waals surface area (Å²) in [5, 5.41) is 9.57. The first-order valence-electron chi connectivity index (χ1n) is 4.01. The van der Waals surface area contributed by atoms with Gasteiger partial charge in [-0.25, -0.2) is 0 Å². The smallest absolute Gasteiger partial charge is 0.0471 e. The molecule has 1 N–H and O–H groups in total. The Balaban J connectivity index is 3.04. The van der Waals surface area contributed by atoms with E-state index in [1.165, 1.54) is 0 Å². The van der Waals surface area contributed by atoms with E-state index in [9.17, 15) is 0 Å². The Morgan fingerprint density at radius 1 is 1.25 bits per heavy atom. The number of aliphatic hydroxyl groups is 1. The van der Waals surface area contributed by atoms with Crippen molar-refractivity contribution in [3.63, 3.8) is 0 Å². The molecule has 0 aliphatic heterocycles. The first-order chi connectivity index (χ1) is 5.65. The normalized spacial score (nSPS) is 10.3. The van der Waals surface area contributed by atoms with E-state index < -0.39 is 0 Å². The number of hydrogen-bond acceptors (Lipinski definition) is 1. The van der Waals surface area contributed by atoms with Crippen molar-refractivity contribution in [3.8, 4) is 0 Å². The second kappa shape index (κ2) is 3.92. The van der Waals surface area contributed by atoms with Gasteiger partial charge < -0.3 is 5.11 Å². The van der Waals surface area contributed by atoms with Crippen LogP contribution in [0.3, 0.4) is 0 Å². The molecule has 0 spiro atoms. The molecule has 66 valence electrons. The van der Waals surface area contributed by atoms with E-state index in [1.54, 1.807) is 0 Å². The minimum atomic E-state index is 0.195. The molecule has 0 radical (unpaired) electrons. The van der Waals surface area contributed by atoms with Crippen molar-refractivity contribution in [3.05, 3.63) is 33.8 Å². The van der Waals surface area contributed by atoms with Crippen LogP contribution in [0, 0.1) is 13.8 Å². The fourth-order valence-electron chi connectivity index (χ4n) is 1.31. The van der Waals surface area contributed by atoms with Crippen LogP contribution >= 0.6 is 11.6 Å². The Morgan fingerprint density at radius 3 is 2.17 bits per heavy atom. The largest absolute Gasteiger partial charge is 0.396 e. The van der Waals surface area contributed by atoms with Crippen molar-refractivity contribution in [2.24, 2.45) is 0 Å². The van der Waals surface area contributed by atoms with Gasteiger partial charge in [-0.2, -0.15) is 0 Å². The summed E-state index contributed by atoms with van der Waals surface area (Å²) in [5.74, 6) is 0. The zero-order valence-electron chi connectivity index (χ0n) is 7.39. The third-order valence-corrected chi connectivity index (χ3v) is 2.49. The third-order valence-electron chi connectivity index (χ3n) is 1.90. The molecule has 0 aliphatic rings. The van der Waals surface area contributed by atoms with Gasteiger partial charge in [0.05, 0.1) is 0 Å². The number of benzene rings is 1. The standard InChI is InChI=1S/C10H13ClO/c1-7-5-9(3-4-12)6-8(2)10(7)11/h5-6,12H,3-4H2,1-2H3. The fraction of sp³-hybridized carbons (Fsp3) is 0.400. The summed E-state index contributed by atoms with van der Waals surface area (Å²) in [6.07, 6.45) is 0.707. The second-order valence-corrected chi connectivity index (χ2v) is 3.40. The van der Waals surface area contributed by atoms with Crippen LogP contribution < -0.4 is 0 Å². The Hall–Kier alpha value is -0.530. The van der Waals surface area contributed by atoms with Gasteiger partial charge in [0.15, 0.2) is 0 Å².